The van der Waals surface area contributed by atoms with Crippen molar-refractivity contribution >= 4 is 12.1 Å². The van der Waals surface area contributed by atoms with Crippen LogP contribution < -0.4 is 10.6 Å². The third-order valence-corrected chi connectivity index (χ3v) is 4.03. The molecule has 1 aliphatic heterocycles. The summed E-state index contributed by atoms with van der Waals surface area (Å²) in [5.41, 5.74) is 0.206. The van der Waals surface area contributed by atoms with Crippen molar-refractivity contribution in [3.63, 3.8) is 0 Å². The predicted molar refractivity (Wildman–Crippen MR) is 91.3 cm³/mol. The van der Waals surface area contributed by atoms with Crippen LogP contribution in [0, 0.1) is 11.6 Å². The quantitative estimate of drug-likeness (QED) is 0.643. The van der Waals surface area contributed by atoms with Crippen molar-refractivity contribution in [3.8, 4) is 0 Å². The Kier molecular flexibility index (Phi) is 6.97. The number of hydrogen-bond donors (Lipinski definition) is 2. The molecule has 1 heterocycles. The van der Waals surface area contributed by atoms with E-state index in [1.807, 2.05) is 6.92 Å². The summed E-state index contributed by atoms with van der Waals surface area (Å²) < 4.78 is 31.6. The van der Waals surface area contributed by atoms with E-state index in [0.29, 0.717) is 25.6 Å². The number of carbonyl (C=O) groups excluding carboxylic acids is 1. The van der Waals surface area contributed by atoms with Crippen LogP contribution in [0.1, 0.15) is 25.3 Å². The van der Waals surface area contributed by atoms with Crippen molar-refractivity contribution in [2.75, 3.05) is 26.7 Å². The number of benzene rings is 1. The molecule has 1 fully saturated rings. The second-order valence-electron chi connectivity index (χ2n) is 5.81. The summed E-state index contributed by atoms with van der Waals surface area (Å²) >= 11 is 0. The van der Waals surface area contributed by atoms with Gasteiger partial charge in [0.2, 0.25) is 0 Å². The fraction of sp³-hybridized carbons (Fsp3) is 0.529. The lowest BCUT2D eigenvalue weighted by atomic mass is 10.1. The minimum absolute atomic E-state index is 0.0416. The maximum absolute atomic E-state index is 13.7. The fourth-order valence-electron chi connectivity index (χ4n) is 2.68. The average molecular weight is 354 g/mol. The molecule has 1 aromatic rings. The van der Waals surface area contributed by atoms with Crippen LogP contribution in [-0.2, 0) is 11.3 Å². The lowest BCUT2D eigenvalue weighted by Gasteiger charge is -2.32. The first-order chi connectivity index (χ1) is 12.0. The molecule has 2 rings (SSSR count). The van der Waals surface area contributed by atoms with E-state index in [2.05, 4.69) is 15.6 Å². The van der Waals surface area contributed by atoms with E-state index in [4.69, 9.17) is 4.74 Å². The number of hydrogen-bond acceptors (Lipinski definition) is 3. The lowest BCUT2D eigenvalue weighted by molar-refractivity contribution is 0.111. The number of rotatable bonds is 4. The van der Waals surface area contributed by atoms with Crippen LogP contribution in [0.4, 0.5) is 13.6 Å². The SMILES string of the molecule is CCNC(=NCc1cc(F)ccc1F)NC1CCN(C(=O)OC)CC1. The Hall–Kier alpha value is -2.38. The zero-order valence-electron chi connectivity index (χ0n) is 14.5. The van der Waals surface area contributed by atoms with Crippen molar-refractivity contribution in [2.24, 2.45) is 4.99 Å². The monoisotopic (exact) mass is 354 g/mol. The van der Waals surface area contributed by atoms with Gasteiger partial charge in [-0.2, -0.15) is 0 Å². The number of nitrogens with one attached hydrogen (secondary N) is 2. The molecule has 0 saturated carbocycles. The first-order valence-electron chi connectivity index (χ1n) is 8.35. The maximum atomic E-state index is 13.7. The molecule has 0 bridgehead atoms. The molecule has 1 aromatic carbocycles. The Labute approximate surface area is 146 Å². The van der Waals surface area contributed by atoms with Gasteiger partial charge in [0.05, 0.1) is 13.7 Å². The molecule has 6 nitrogen and oxygen atoms in total. The topological polar surface area (TPSA) is 66.0 Å². The molecule has 0 aliphatic carbocycles. The number of likely N-dealkylation sites (tertiary alicyclic amines) is 1. The highest BCUT2D eigenvalue weighted by Gasteiger charge is 2.23. The molecular weight excluding hydrogens is 330 g/mol. The van der Waals surface area contributed by atoms with Crippen molar-refractivity contribution in [3.05, 3.63) is 35.4 Å². The molecule has 138 valence electrons. The summed E-state index contributed by atoms with van der Waals surface area (Å²) in [6, 6.07) is 3.48. The Morgan fingerprint density at radius 3 is 2.72 bits per heavy atom. The third-order valence-electron chi connectivity index (χ3n) is 4.03. The largest absolute Gasteiger partial charge is 0.453 e. The summed E-state index contributed by atoms with van der Waals surface area (Å²) in [6.45, 7) is 3.82. The molecule has 0 unspecified atom stereocenters. The zero-order valence-corrected chi connectivity index (χ0v) is 14.5. The first kappa shape index (κ1) is 19.0. The van der Waals surface area contributed by atoms with Gasteiger partial charge in [-0.3, -0.25) is 0 Å². The summed E-state index contributed by atoms with van der Waals surface area (Å²) in [4.78, 5) is 17.5. The number of piperidine rings is 1. The first-order valence-corrected chi connectivity index (χ1v) is 8.35. The zero-order chi connectivity index (χ0) is 18.2. The van der Waals surface area contributed by atoms with Crippen LogP contribution in [-0.4, -0.2) is 49.7 Å². The lowest BCUT2D eigenvalue weighted by Crippen LogP contribution is -2.49. The van der Waals surface area contributed by atoms with Crippen molar-refractivity contribution in [1.82, 2.24) is 15.5 Å². The number of guanidine groups is 1. The van der Waals surface area contributed by atoms with E-state index in [-0.39, 0.29) is 24.2 Å². The van der Waals surface area contributed by atoms with Crippen LogP contribution in [0.25, 0.3) is 0 Å². The van der Waals surface area contributed by atoms with Gasteiger partial charge in [0.25, 0.3) is 0 Å². The molecule has 1 saturated heterocycles. The number of halogens is 2. The molecule has 25 heavy (non-hydrogen) atoms. The number of aliphatic imine (C=N–C) groups is 1. The standard InChI is InChI=1S/C17H24F2N4O2/c1-3-20-16(21-11-12-10-13(18)4-5-15(12)19)22-14-6-8-23(9-7-14)17(24)25-2/h4-5,10,14H,3,6-9,11H2,1-2H3,(H2,20,21,22). The number of ether oxygens (including phenoxy) is 1. The molecule has 8 heteroatoms. The molecule has 1 aliphatic rings. The van der Waals surface area contributed by atoms with E-state index in [1.165, 1.54) is 7.11 Å². The van der Waals surface area contributed by atoms with Gasteiger partial charge < -0.3 is 20.3 Å². The minimum atomic E-state index is -0.486. The summed E-state index contributed by atoms with van der Waals surface area (Å²) in [7, 11) is 1.37. The van der Waals surface area contributed by atoms with Crippen molar-refractivity contribution in [1.29, 1.82) is 0 Å². The molecule has 0 atom stereocenters. The number of amides is 1. The molecule has 2 N–H and O–H groups in total. The maximum Gasteiger partial charge on any atom is 0.409 e. The molecule has 0 radical (unpaired) electrons. The smallest absolute Gasteiger partial charge is 0.409 e. The highest BCUT2D eigenvalue weighted by Crippen LogP contribution is 2.12. The van der Waals surface area contributed by atoms with Gasteiger partial charge in [-0.05, 0) is 38.0 Å². The van der Waals surface area contributed by atoms with Crippen LogP contribution in [0.2, 0.25) is 0 Å². The Balaban J connectivity index is 1.94. The van der Waals surface area contributed by atoms with Crippen LogP contribution in [0.3, 0.4) is 0 Å². The summed E-state index contributed by atoms with van der Waals surface area (Å²) in [5.74, 6) is -0.421. The van der Waals surface area contributed by atoms with Crippen molar-refractivity contribution < 1.29 is 18.3 Å². The van der Waals surface area contributed by atoms with E-state index < -0.39 is 11.6 Å². The number of nitrogens with zero attached hydrogens (tertiary/aromatic N) is 2. The van der Waals surface area contributed by atoms with Crippen LogP contribution in [0.15, 0.2) is 23.2 Å². The van der Waals surface area contributed by atoms with Gasteiger partial charge in [0.1, 0.15) is 11.6 Å². The third kappa shape index (κ3) is 5.58. The van der Waals surface area contributed by atoms with Gasteiger partial charge in [0, 0.05) is 31.2 Å². The van der Waals surface area contributed by atoms with Gasteiger partial charge in [-0.1, -0.05) is 0 Å². The minimum Gasteiger partial charge on any atom is -0.453 e. The van der Waals surface area contributed by atoms with Crippen LogP contribution >= 0.6 is 0 Å². The fourth-order valence-corrected chi connectivity index (χ4v) is 2.68. The molecule has 0 spiro atoms. The van der Waals surface area contributed by atoms with E-state index in [1.54, 1.807) is 4.90 Å². The highest BCUT2D eigenvalue weighted by molar-refractivity contribution is 5.80. The Morgan fingerprint density at radius 1 is 1.36 bits per heavy atom. The highest BCUT2D eigenvalue weighted by atomic mass is 19.1. The van der Waals surface area contributed by atoms with Crippen LogP contribution in [0.5, 0.6) is 0 Å². The predicted octanol–water partition coefficient (Wildman–Crippen LogP) is 2.25. The van der Waals surface area contributed by atoms with Gasteiger partial charge >= 0.3 is 6.09 Å². The van der Waals surface area contributed by atoms with Crippen molar-refractivity contribution in [2.45, 2.75) is 32.4 Å². The normalized spacial score (nSPS) is 15.8. The van der Waals surface area contributed by atoms with E-state index in [0.717, 1.165) is 31.0 Å². The van der Waals surface area contributed by atoms with E-state index in [9.17, 15) is 13.6 Å². The van der Waals surface area contributed by atoms with Gasteiger partial charge in [-0.25, -0.2) is 18.6 Å². The molecular formula is C17H24F2N4O2. The Morgan fingerprint density at radius 2 is 2.08 bits per heavy atom. The van der Waals surface area contributed by atoms with E-state index >= 15 is 0 Å². The number of methoxy groups -OCH3 is 1. The second kappa shape index (κ2) is 9.19. The number of carbonyl (C=O) groups is 1. The summed E-state index contributed by atoms with van der Waals surface area (Å²) in [6.07, 6.45) is 1.20. The summed E-state index contributed by atoms with van der Waals surface area (Å²) in [5, 5.41) is 6.38. The Bertz CT molecular complexity index is 617. The molecule has 1 amide bonds. The van der Waals surface area contributed by atoms with Gasteiger partial charge in [0.15, 0.2) is 5.96 Å². The average Bonchev–Trinajstić information content (AvgIpc) is 2.62. The van der Waals surface area contributed by atoms with Gasteiger partial charge in [-0.15, -0.1) is 0 Å². The molecule has 0 aromatic heterocycles. The second-order valence-corrected chi connectivity index (χ2v) is 5.81.